The van der Waals surface area contributed by atoms with Gasteiger partial charge in [-0.1, -0.05) is 11.6 Å². The smallest absolute Gasteiger partial charge is 0.284 e. The van der Waals surface area contributed by atoms with Crippen molar-refractivity contribution in [3.05, 3.63) is 38.8 Å². The van der Waals surface area contributed by atoms with Crippen LogP contribution in [0, 0.1) is 13.8 Å². The van der Waals surface area contributed by atoms with Crippen molar-refractivity contribution in [3.63, 3.8) is 0 Å². The van der Waals surface area contributed by atoms with Crippen LogP contribution in [0.1, 0.15) is 21.1 Å². The highest BCUT2D eigenvalue weighted by atomic mass is 35.5. The van der Waals surface area contributed by atoms with Crippen LogP contribution in [-0.4, -0.2) is 18.0 Å². The van der Waals surface area contributed by atoms with Gasteiger partial charge in [-0.2, -0.15) is 0 Å². The number of rotatable bonds is 3. The predicted molar refractivity (Wildman–Crippen MR) is 77.5 cm³/mol. The monoisotopic (exact) mass is 296 g/mol. The summed E-state index contributed by atoms with van der Waals surface area (Å²) in [7, 11) is 1.53. The number of amides is 1. The van der Waals surface area contributed by atoms with Crippen LogP contribution >= 0.6 is 22.9 Å². The second kappa shape index (κ2) is 5.59. The molecule has 0 atom stereocenters. The number of aryl methyl sites for hydroxylation is 2. The molecular weight excluding hydrogens is 284 g/mol. The van der Waals surface area contributed by atoms with Gasteiger partial charge >= 0.3 is 0 Å². The number of carbonyl (C=O) groups excluding carboxylic acids is 1. The third-order valence-electron chi connectivity index (χ3n) is 2.54. The molecular formula is C13H13ClN2O2S. The van der Waals surface area contributed by atoms with E-state index in [0.717, 1.165) is 11.3 Å². The fraction of sp³-hybridized carbons (Fsp3) is 0.231. The zero-order valence-electron chi connectivity index (χ0n) is 10.8. The first kappa shape index (κ1) is 13.8. The summed E-state index contributed by atoms with van der Waals surface area (Å²) in [6.07, 6.45) is 0. The lowest BCUT2D eigenvalue weighted by Gasteiger charge is -2.11. The van der Waals surface area contributed by atoms with Crippen LogP contribution in [0.15, 0.2) is 17.5 Å². The number of halogens is 1. The summed E-state index contributed by atoms with van der Waals surface area (Å²) in [5, 5.41) is 5.64. The minimum absolute atomic E-state index is 0.252. The number of nitrogens with one attached hydrogen (secondary N) is 1. The molecule has 0 spiro atoms. The highest BCUT2D eigenvalue weighted by molar-refractivity contribution is 7.11. The average Bonchev–Trinajstić information content (AvgIpc) is 2.80. The SMILES string of the molecule is COc1cc(Cl)c(C)cc1NC(=O)c1nc(C)cs1. The van der Waals surface area contributed by atoms with E-state index in [1.165, 1.54) is 18.4 Å². The molecule has 1 N–H and O–H groups in total. The van der Waals surface area contributed by atoms with Gasteiger partial charge in [-0.3, -0.25) is 4.79 Å². The van der Waals surface area contributed by atoms with E-state index in [2.05, 4.69) is 10.3 Å². The lowest BCUT2D eigenvalue weighted by molar-refractivity contribution is 0.102. The predicted octanol–water partition coefficient (Wildman–Crippen LogP) is 3.67. The van der Waals surface area contributed by atoms with E-state index < -0.39 is 0 Å². The number of hydrogen-bond donors (Lipinski definition) is 1. The molecule has 1 amide bonds. The second-order valence-corrected chi connectivity index (χ2v) is 5.32. The van der Waals surface area contributed by atoms with Gasteiger partial charge in [-0.25, -0.2) is 4.98 Å². The van der Waals surface area contributed by atoms with E-state index in [-0.39, 0.29) is 5.91 Å². The van der Waals surface area contributed by atoms with Gasteiger partial charge in [-0.05, 0) is 25.5 Å². The van der Waals surface area contributed by atoms with Gasteiger partial charge in [0.25, 0.3) is 5.91 Å². The Balaban J connectivity index is 2.28. The van der Waals surface area contributed by atoms with Crippen molar-refractivity contribution in [1.29, 1.82) is 0 Å². The van der Waals surface area contributed by atoms with Crippen molar-refractivity contribution >= 4 is 34.5 Å². The summed E-state index contributed by atoms with van der Waals surface area (Å²) in [6, 6.07) is 3.46. The highest BCUT2D eigenvalue weighted by Gasteiger charge is 2.14. The summed E-state index contributed by atoms with van der Waals surface area (Å²) in [5.74, 6) is 0.273. The number of benzene rings is 1. The number of thiazole rings is 1. The Kier molecular flexibility index (Phi) is 4.07. The van der Waals surface area contributed by atoms with Gasteiger partial charge in [0.1, 0.15) is 5.75 Å². The molecule has 0 saturated heterocycles. The number of anilines is 1. The third kappa shape index (κ3) is 3.05. The Hall–Kier alpha value is -1.59. The maximum absolute atomic E-state index is 12.0. The van der Waals surface area contributed by atoms with Crippen molar-refractivity contribution in [3.8, 4) is 5.75 Å². The van der Waals surface area contributed by atoms with Gasteiger partial charge in [0.05, 0.1) is 12.8 Å². The molecule has 2 rings (SSSR count). The molecule has 0 bridgehead atoms. The van der Waals surface area contributed by atoms with E-state index in [4.69, 9.17) is 16.3 Å². The molecule has 0 fully saturated rings. The number of methoxy groups -OCH3 is 1. The maximum Gasteiger partial charge on any atom is 0.284 e. The fourth-order valence-corrected chi connectivity index (χ4v) is 2.41. The van der Waals surface area contributed by atoms with Crippen LogP contribution in [0.25, 0.3) is 0 Å². The summed E-state index contributed by atoms with van der Waals surface area (Å²) < 4.78 is 5.21. The first-order valence-corrected chi connectivity index (χ1v) is 6.84. The van der Waals surface area contributed by atoms with Crippen molar-refractivity contribution in [2.24, 2.45) is 0 Å². The fourth-order valence-electron chi connectivity index (χ4n) is 1.56. The Bertz CT molecular complexity index is 625. The Morgan fingerprint density at radius 2 is 2.16 bits per heavy atom. The number of hydrogen-bond acceptors (Lipinski definition) is 4. The van der Waals surface area contributed by atoms with Gasteiger partial charge < -0.3 is 10.1 Å². The van der Waals surface area contributed by atoms with Crippen molar-refractivity contribution in [1.82, 2.24) is 4.98 Å². The molecule has 1 aromatic heterocycles. The molecule has 6 heteroatoms. The minimum Gasteiger partial charge on any atom is -0.495 e. The van der Waals surface area contributed by atoms with E-state index in [1.807, 2.05) is 19.2 Å². The quantitative estimate of drug-likeness (QED) is 0.940. The zero-order chi connectivity index (χ0) is 14.0. The van der Waals surface area contributed by atoms with Gasteiger partial charge in [0.15, 0.2) is 5.01 Å². The number of nitrogens with zero attached hydrogens (tertiary/aromatic N) is 1. The van der Waals surface area contributed by atoms with Gasteiger partial charge in [0, 0.05) is 22.2 Å². The summed E-state index contributed by atoms with van der Waals surface area (Å²) >= 11 is 7.33. The lowest BCUT2D eigenvalue weighted by atomic mass is 10.2. The largest absolute Gasteiger partial charge is 0.495 e. The topological polar surface area (TPSA) is 51.2 Å². The molecule has 0 saturated carbocycles. The maximum atomic E-state index is 12.0. The second-order valence-electron chi connectivity index (χ2n) is 4.05. The van der Waals surface area contributed by atoms with Crippen LogP contribution in [0.4, 0.5) is 5.69 Å². The number of ether oxygens (including phenoxy) is 1. The van der Waals surface area contributed by atoms with E-state index in [1.54, 1.807) is 12.1 Å². The van der Waals surface area contributed by atoms with Crippen LogP contribution < -0.4 is 10.1 Å². The van der Waals surface area contributed by atoms with E-state index >= 15 is 0 Å². The molecule has 0 aliphatic carbocycles. The summed E-state index contributed by atoms with van der Waals surface area (Å²) in [4.78, 5) is 16.2. The van der Waals surface area contributed by atoms with Crippen LogP contribution in [0.3, 0.4) is 0 Å². The molecule has 0 aliphatic heterocycles. The van der Waals surface area contributed by atoms with Crippen molar-refractivity contribution in [2.75, 3.05) is 12.4 Å². The molecule has 0 radical (unpaired) electrons. The minimum atomic E-state index is -0.252. The normalized spacial score (nSPS) is 10.3. The zero-order valence-corrected chi connectivity index (χ0v) is 12.4. The molecule has 1 heterocycles. The third-order valence-corrected chi connectivity index (χ3v) is 3.91. The summed E-state index contributed by atoms with van der Waals surface area (Å²) in [6.45, 7) is 3.71. The van der Waals surface area contributed by atoms with E-state index in [0.29, 0.717) is 21.5 Å². The molecule has 19 heavy (non-hydrogen) atoms. The Morgan fingerprint density at radius 3 is 2.74 bits per heavy atom. The summed E-state index contributed by atoms with van der Waals surface area (Å²) in [5.41, 5.74) is 2.28. The van der Waals surface area contributed by atoms with Crippen molar-refractivity contribution < 1.29 is 9.53 Å². The standard InChI is InChI=1S/C13H13ClN2O2S/c1-7-4-10(11(18-3)5-9(7)14)16-12(17)13-15-8(2)6-19-13/h4-6H,1-3H3,(H,16,17). The van der Waals surface area contributed by atoms with Crippen LogP contribution in [0.5, 0.6) is 5.75 Å². The molecule has 0 unspecified atom stereocenters. The van der Waals surface area contributed by atoms with Gasteiger partial charge in [0.2, 0.25) is 0 Å². The molecule has 1 aromatic carbocycles. The van der Waals surface area contributed by atoms with Crippen molar-refractivity contribution in [2.45, 2.75) is 13.8 Å². The molecule has 100 valence electrons. The Morgan fingerprint density at radius 1 is 1.42 bits per heavy atom. The number of aromatic nitrogens is 1. The lowest BCUT2D eigenvalue weighted by Crippen LogP contribution is -2.12. The average molecular weight is 297 g/mol. The van der Waals surface area contributed by atoms with Gasteiger partial charge in [-0.15, -0.1) is 11.3 Å². The Labute approximate surface area is 120 Å². The van der Waals surface area contributed by atoms with Crippen LogP contribution in [-0.2, 0) is 0 Å². The molecule has 4 nitrogen and oxygen atoms in total. The van der Waals surface area contributed by atoms with Crippen LogP contribution in [0.2, 0.25) is 5.02 Å². The number of carbonyl (C=O) groups is 1. The first-order valence-electron chi connectivity index (χ1n) is 5.59. The molecule has 0 aliphatic rings. The van der Waals surface area contributed by atoms with E-state index in [9.17, 15) is 4.79 Å². The molecule has 2 aromatic rings. The highest BCUT2D eigenvalue weighted by Crippen LogP contribution is 2.31. The first-order chi connectivity index (χ1) is 9.01.